The second-order valence-corrected chi connectivity index (χ2v) is 3.58. The first-order chi connectivity index (χ1) is 5.84. The minimum Gasteiger partial charge on any atom is -0.380 e. The lowest BCUT2D eigenvalue weighted by Gasteiger charge is -2.18. The number of carbonyl (C=O) groups is 1. The maximum atomic E-state index is 11.4. The molecule has 1 aliphatic heterocycles. The Kier molecular flexibility index (Phi) is 4.61. The molecule has 0 aromatic heterocycles. The first kappa shape index (κ1) is 9.99. The van der Waals surface area contributed by atoms with Gasteiger partial charge in [-0.15, -0.1) is 0 Å². The fourth-order valence-corrected chi connectivity index (χ4v) is 1.57. The van der Waals surface area contributed by atoms with E-state index in [0.29, 0.717) is 13.0 Å². The molecule has 1 saturated heterocycles. The molecule has 70 valence electrons. The molecule has 0 saturated carbocycles. The van der Waals surface area contributed by atoms with Crippen LogP contribution in [0.5, 0.6) is 0 Å². The maximum Gasteiger partial charge on any atom is 0.223 e. The van der Waals surface area contributed by atoms with Crippen LogP contribution < -0.4 is 0 Å². The number of alkyl halides is 1. The lowest BCUT2D eigenvalue weighted by molar-refractivity contribution is -0.130. The highest BCUT2D eigenvalue weighted by Gasteiger charge is 2.14. The smallest absolute Gasteiger partial charge is 0.223 e. The summed E-state index contributed by atoms with van der Waals surface area (Å²) >= 11 is 3.26. The van der Waals surface area contributed by atoms with Crippen molar-refractivity contribution in [2.75, 3.05) is 31.6 Å². The van der Waals surface area contributed by atoms with Gasteiger partial charge in [0.2, 0.25) is 5.91 Å². The van der Waals surface area contributed by atoms with Gasteiger partial charge in [-0.1, -0.05) is 15.9 Å². The minimum absolute atomic E-state index is 0.234. The SMILES string of the molecule is O=C(CCBr)N1CCCOCC1. The van der Waals surface area contributed by atoms with Crippen molar-refractivity contribution < 1.29 is 9.53 Å². The van der Waals surface area contributed by atoms with E-state index in [1.807, 2.05) is 4.90 Å². The maximum absolute atomic E-state index is 11.4. The number of rotatable bonds is 2. The molecular formula is C8H14BrNO2. The topological polar surface area (TPSA) is 29.5 Å². The van der Waals surface area contributed by atoms with E-state index >= 15 is 0 Å². The molecule has 0 atom stereocenters. The number of hydrogen-bond acceptors (Lipinski definition) is 2. The zero-order chi connectivity index (χ0) is 8.81. The second kappa shape index (κ2) is 5.54. The molecule has 0 aromatic rings. The Morgan fingerprint density at radius 3 is 3.00 bits per heavy atom. The van der Waals surface area contributed by atoms with Gasteiger partial charge in [0.1, 0.15) is 0 Å². The highest BCUT2D eigenvalue weighted by Crippen LogP contribution is 2.02. The molecule has 0 spiro atoms. The van der Waals surface area contributed by atoms with E-state index < -0.39 is 0 Å². The summed E-state index contributed by atoms with van der Waals surface area (Å²) in [5.74, 6) is 0.234. The molecule has 4 heteroatoms. The van der Waals surface area contributed by atoms with Crippen LogP contribution in [0.15, 0.2) is 0 Å². The van der Waals surface area contributed by atoms with Crippen LogP contribution in [-0.2, 0) is 9.53 Å². The fourth-order valence-electron chi connectivity index (χ4n) is 1.23. The van der Waals surface area contributed by atoms with Gasteiger partial charge in [-0.2, -0.15) is 0 Å². The van der Waals surface area contributed by atoms with Crippen molar-refractivity contribution in [1.29, 1.82) is 0 Å². The quantitative estimate of drug-likeness (QED) is 0.670. The zero-order valence-electron chi connectivity index (χ0n) is 7.09. The van der Waals surface area contributed by atoms with Crippen molar-refractivity contribution in [3.63, 3.8) is 0 Å². The van der Waals surface area contributed by atoms with E-state index in [-0.39, 0.29) is 5.91 Å². The largest absolute Gasteiger partial charge is 0.380 e. The van der Waals surface area contributed by atoms with Crippen molar-refractivity contribution in [2.45, 2.75) is 12.8 Å². The van der Waals surface area contributed by atoms with Gasteiger partial charge in [-0.25, -0.2) is 0 Å². The number of halogens is 1. The lowest BCUT2D eigenvalue weighted by atomic mass is 10.3. The van der Waals surface area contributed by atoms with Gasteiger partial charge in [-0.05, 0) is 6.42 Å². The number of amides is 1. The Labute approximate surface area is 81.2 Å². The number of carbonyl (C=O) groups excluding carboxylic acids is 1. The van der Waals surface area contributed by atoms with Crippen molar-refractivity contribution >= 4 is 21.8 Å². The summed E-state index contributed by atoms with van der Waals surface area (Å²) in [5.41, 5.74) is 0. The molecule has 1 heterocycles. The molecule has 3 nitrogen and oxygen atoms in total. The van der Waals surface area contributed by atoms with Crippen molar-refractivity contribution in [3.05, 3.63) is 0 Å². The third-order valence-electron chi connectivity index (χ3n) is 1.88. The van der Waals surface area contributed by atoms with E-state index in [1.165, 1.54) is 0 Å². The molecule has 1 aliphatic rings. The Balaban J connectivity index is 2.32. The molecule has 0 N–H and O–H groups in total. The number of nitrogens with zero attached hydrogens (tertiary/aromatic N) is 1. The van der Waals surface area contributed by atoms with Crippen molar-refractivity contribution in [2.24, 2.45) is 0 Å². The predicted octanol–water partition coefficient (Wildman–Crippen LogP) is 1.02. The van der Waals surface area contributed by atoms with E-state index in [4.69, 9.17) is 4.74 Å². The standard InChI is InChI=1S/C8H14BrNO2/c9-3-2-8(11)10-4-1-6-12-7-5-10/h1-7H2. The Bertz CT molecular complexity index is 144. The van der Waals surface area contributed by atoms with Gasteiger partial charge in [-0.3, -0.25) is 4.79 Å². The number of hydrogen-bond donors (Lipinski definition) is 0. The van der Waals surface area contributed by atoms with Gasteiger partial charge in [0.05, 0.1) is 6.61 Å². The Hall–Kier alpha value is -0.0900. The molecule has 1 rings (SSSR count). The molecule has 1 fully saturated rings. The van der Waals surface area contributed by atoms with Crippen LogP contribution in [0.25, 0.3) is 0 Å². The summed E-state index contributed by atoms with van der Waals surface area (Å²) in [4.78, 5) is 13.3. The highest BCUT2D eigenvalue weighted by atomic mass is 79.9. The van der Waals surface area contributed by atoms with Gasteiger partial charge >= 0.3 is 0 Å². The van der Waals surface area contributed by atoms with Crippen molar-refractivity contribution in [1.82, 2.24) is 4.90 Å². The summed E-state index contributed by atoms with van der Waals surface area (Å²) in [5, 5.41) is 0.753. The third kappa shape index (κ3) is 3.11. The predicted molar refractivity (Wildman–Crippen MR) is 50.4 cm³/mol. The van der Waals surface area contributed by atoms with Crippen LogP contribution in [0.3, 0.4) is 0 Å². The molecule has 0 aliphatic carbocycles. The summed E-state index contributed by atoms with van der Waals surface area (Å²) in [6.45, 7) is 3.09. The minimum atomic E-state index is 0.234. The normalized spacial score (nSPS) is 18.9. The van der Waals surface area contributed by atoms with Gasteiger partial charge in [0.25, 0.3) is 0 Å². The van der Waals surface area contributed by atoms with Crippen molar-refractivity contribution in [3.8, 4) is 0 Å². The first-order valence-corrected chi connectivity index (χ1v) is 5.38. The fraction of sp³-hybridized carbons (Fsp3) is 0.875. The molecule has 1 amide bonds. The average Bonchev–Trinajstić information content (AvgIpc) is 2.32. The van der Waals surface area contributed by atoms with E-state index in [9.17, 15) is 4.79 Å². The van der Waals surface area contributed by atoms with Crippen LogP contribution in [0.4, 0.5) is 0 Å². The highest BCUT2D eigenvalue weighted by molar-refractivity contribution is 9.09. The molecular weight excluding hydrogens is 222 g/mol. The van der Waals surface area contributed by atoms with Crippen LogP contribution in [-0.4, -0.2) is 42.4 Å². The molecule has 0 unspecified atom stereocenters. The van der Waals surface area contributed by atoms with E-state index in [1.54, 1.807) is 0 Å². The van der Waals surface area contributed by atoms with Crippen LogP contribution in [0, 0.1) is 0 Å². The molecule has 0 radical (unpaired) electrons. The lowest BCUT2D eigenvalue weighted by Crippen LogP contribution is -2.33. The number of ether oxygens (including phenoxy) is 1. The first-order valence-electron chi connectivity index (χ1n) is 4.26. The second-order valence-electron chi connectivity index (χ2n) is 2.79. The molecule has 0 bridgehead atoms. The van der Waals surface area contributed by atoms with Crippen LogP contribution in [0.1, 0.15) is 12.8 Å². The Morgan fingerprint density at radius 2 is 2.25 bits per heavy atom. The van der Waals surface area contributed by atoms with Crippen LogP contribution in [0.2, 0.25) is 0 Å². The van der Waals surface area contributed by atoms with E-state index in [2.05, 4.69) is 15.9 Å². The van der Waals surface area contributed by atoms with Crippen LogP contribution >= 0.6 is 15.9 Å². The van der Waals surface area contributed by atoms with Gasteiger partial charge in [0.15, 0.2) is 0 Å². The average molecular weight is 236 g/mol. The summed E-state index contributed by atoms with van der Waals surface area (Å²) in [6.07, 6.45) is 1.56. The monoisotopic (exact) mass is 235 g/mol. The zero-order valence-corrected chi connectivity index (χ0v) is 8.68. The summed E-state index contributed by atoms with van der Waals surface area (Å²) < 4.78 is 5.25. The van der Waals surface area contributed by atoms with Gasteiger partial charge < -0.3 is 9.64 Å². The Morgan fingerprint density at radius 1 is 1.42 bits per heavy atom. The summed E-state index contributed by atoms with van der Waals surface area (Å²) in [6, 6.07) is 0. The van der Waals surface area contributed by atoms with Gasteiger partial charge in [0, 0.05) is 31.4 Å². The summed E-state index contributed by atoms with van der Waals surface area (Å²) in [7, 11) is 0. The van der Waals surface area contributed by atoms with E-state index in [0.717, 1.165) is 31.4 Å². The molecule has 0 aromatic carbocycles. The molecule has 12 heavy (non-hydrogen) atoms. The third-order valence-corrected chi connectivity index (χ3v) is 2.28.